The molecule has 2 aromatic carbocycles. The maximum Gasteiger partial charge on any atom is 0.119 e. The Kier molecular flexibility index (Phi) is 6.30. The van der Waals surface area contributed by atoms with E-state index in [2.05, 4.69) is 95.7 Å². The molecule has 4 heteroatoms. The number of thiophene rings is 2. The van der Waals surface area contributed by atoms with E-state index in [1.807, 2.05) is 11.3 Å². The molecule has 0 bridgehead atoms. The van der Waals surface area contributed by atoms with E-state index < -0.39 is 0 Å². The van der Waals surface area contributed by atoms with Crippen LogP contribution in [0.3, 0.4) is 0 Å². The van der Waals surface area contributed by atoms with E-state index in [1.165, 1.54) is 35.1 Å². The monoisotopic (exact) mass is 468 g/mol. The van der Waals surface area contributed by atoms with Crippen LogP contribution in [0.2, 0.25) is 0 Å². The summed E-state index contributed by atoms with van der Waals surface area (Å²) in [6.45, 7) is 2.96. The summed E-state index contributed by atoms with van der Waals surface area (Å²) in [6.07, 6.45) is 2.25. The minimum atomic E-state index is 0.787. The maximum atomic E-state index is 5.75. The van der Waals surface area contributed by atoms with E-state index in [-0.39, 0.29) is 0 Å². The number of hydrogen-bond donors (Lipinski definition) is 0. The Morgan fingerprint density at radius 1 is 0.679 bits per heavy atom. The molecule has 142 valence electrons. The van der Waals surface area contributed by atoms with Gasteiger partial charge in [0.25, 0.3) is 0 Å². The van der Waals surface area contributed by atoms with Crippen molar-refractivity contribution >= 4 is 38.6 Å². The molecule has 1 nitrogen and oxygen atoms in total. The van der Waals surface area contributed by atoms with Crippen LogP contribution in [-0.2, 0) is 0 Å². The summed E-state index contributed by atoms with van der Waals surface area (Å²) in [6, 6.07) is 25.9. The molecule has 0 spiro atoms. The zero-order chi connectivity index (χ0) is 19.3. The molecule has 0 fully saturated rings. The minimum absolute atomic E-state index is 0.787. The van der Waals surface area contributed by atoms with Crippen LogP contribution in [0.25, 0.3) is 31.3 Å². The second-order valence-electron chi connectivity index (χ2n) is 6.57. The summed E-state index contributed by atoms with van der Waals surface area (Å²) < 4.78 is 6.92. The van der Waals surface area contributed by atoms with Crippen molar-refractivity contribution in [2.24, 2.45) is 0 Å². The summed E-state index contributed by atoms with van der Waals surface area (Å²) in [4.78, 5) is 3.92. The molecule has 0 aliphatic carbocycles. The first kappa shape index (κ1) is 19.4. The summed E-state index contributed by atoms with van der Waals surface area (Å²) in [7, 11) is 0. The third-order valence-electron chi connectivity index (χ3n) is 4.55. The average molecular weight is 469 g/mol. The lowest BCUT2D eigenvalue weighted by atomic mass is 10.0. The summed E-state index contributed by atoms with van der Waals surface area (Å²) in [5.74, 6) is 0.945. The fraction of sp³-hybridized carbons (Fsp3) is 0.167. The second-order valence-corrected chi connectivity index (χ2v) is 10.1. The molecule has 28 heavy (non-hydrogen) atoms. The fourth-order valence-corrected chi connectivity index (χ4v) is 5.46. The van der Waals surface area contributed by atoms with Gasteiger partial charge in [-0.1, -0.05) is 49.7 Å². The van der Waals surface area contributed by atoms with Crippen LogP contribution in [0.15, 0.2) is 76.6 Å². The Bertz CT molecular complexity index is 1030. The molecule has 0 aliphatic rings. The number of hydrogen-bond acceptors (Lipinski definition) is 3. The lowest BCUT2D eigenvalue weighted by Crippen LogP contribution is -1.95. The van der Waals surface area contributed by atoms with Gasteiger partial charge in [-0.15, -0.1) is 22.7 Å². The Morgan fingerprint density at radius 3 is 1.89 bits per heavy atom. The number of ether oxygens (including phenoxy) is 1. The van der Waals surface area contributed by atoms with Crippen LogP contribution in [0.5, 0.6) is 5.75 Å². The van der Waals surface area contributed by atoms with Crippen LogP contribution in [0.4, 0.5) is 0 Å². The topological polar surface area (TPSA) is 9.23 Å². The minimum Gasteiger partial charge on any atom is -0.494 e. The number of unbranched alkanes of at least 4 members (excludes halogenated alkanes) is 1. The van der Waals surface area contributed by atoms with Crippen molar-refractivity contribution in [3.05, 3.63) is 76.6 Å². The van der Waals surface area contributed by atoms with Crippen molar-refractivity contribution in [2.45, 2.75) is 19.8 Å². The van der Waals surface area contributed by atoms with Gasteiger partial charge in [-0.3, -0.25) is 0 Å². The van der Waals surface area contributed by atoms with Crippen molar-refractivity contribution in [1.29, 1.82) is 0 Å². The number of halogens is 1. The smallest absolute Gasteiger partial charge is 0.119 e. The van der Waals surface area contributed by atoms with Crippen LogP contribution < -0.4 is 4.74 Å². The molecular formula is C24H21BrOS2. The predicted octanol–water partition coefficient (Wildman–Crippen LogP) is 8.75. The largest absolute Gasteiger partial charge is 0.494 e. The molecule has 0 N–H and O–H groups in total. The van der Waals surface area contributed by atoms with Gasteiger partial charge in [0, 0.05) is 14.6 Å². The molecule has 0 atom stereocenters. The maximum absolute atomic E-state index is 5.75. The predicted molar refractivity (Wildman–Crippen MR) is 127 cm³/mol. The molecule has 0 amide bonds. The van der Waals surface area contributed by atoms with Gasteiger partial charge in [0.2, 0.25) is 0 Å². The molecule has 4 rings (SSSR count). The van der Waals surface area contributed by atoms with Gasteiger partial charge in [0.15, 0.2) is 0 Å². The van der Waals surface area contributed by atoms with Crippen LogP contribution in [0.1, 0.15) is 19.8 Å². The summed E-state index contributed by atoms with van der Waals surface area (Å²) in [5, 5.41) is 0. The third kappa shape index (κ3) is 4.57. The van der Waals surface area contributed by atoms with Gasteiger partial charge < -0.3 is 4.74 Å². The van der Waals surface area contributed by atoms with E-state index in [4.69, 9.17) is 4.74 Å². The van der Waals surface area contributed by atoms with Gasteiger partial charge in [0.05, 0.1) is 10.4 Å². The molecular weight excluding hydrogens is 448 g/mol. The van der Waals surface area contributed by atoms with Crippen molar-refractivity contribution < 1.29 is 4.74 Å². The highest BCUT2D eigenvalue weighted by atomic mass is 79.9. The highest BCUT2D eigenvalue weighted by Gasteiger charge is 2.08. The standard InChI is InChI=1S/C24H21BrOS2/c1-2-3-16-26-20-10-8-18(9-11-20)17-4-6-19(7-5-17)21-12-13-22(27-21)23-14-15-24(25)28-23/h4-15H,2-3,16H2,1H3. The van der Waals surface area contributed by atoms with E-state index in [0.29, 0.717) is 0 Å². The summed E-state index contributed by atoms with van der Waals surface area (Å²) >= 11 is 7.16. The quantitative estimate of drug-likeness (QED) is 0.246. The molecule has 0 aliphatic heterocycles. The second kappa shape index (κ2) is 9.08. The lowest BCUT2D eigenvalue weighted by Gasteiger charge is -2.07. The SMILES string of the molecule is CCCCOc1ccc(-c2ccc(-c3ccc(-c4ccc(Br)s4)s3)cc2)cc1. The van der Waals surface area contributed by atoms with E-state index in [9.17, 15) is 0 Å². The van der Waals surface area contributed by atoms with E-state index in [0.717, 1.165) is 25.2 Å². The van der Waals surface area contributed by atoms with E-state index >= 15 is 0 Å². The van der Waals surface area contributed by atoms with Gasteiger partial charge in [-0.25, -0.2) is 0 Å². The van der Waals surface area contributed by atoms with Crippen LogP contribution >= 0.6 is 38.6 Å². The highest BCUT2D eigenvalue weighted by Crippen LogP contribution is 2.39. The first-order valence-corrected chi connectivity index (χ1v) is 11.8. The Labute approximate surface area is 182 Å². The molecule has 0 unspecified atom stereocenters. The normalized spacial score (nSPS) is 10.9. The molecule has 0 radical (unpaired) electrons. The first-order valence-electron chi connectivity index (χ1n) is 9.42. The third-order valence-corrected chi connectivity index (χ3v) is 7.50. The van der Waals surface area contributed by atoms with Crippen molar-refractivity contribution in [2.75, 3.05) is 6.61 Å². The van der Waals surface area contributed by atoms with Crippen molar-refractivity contribution in [1.82, 2.24) is 0 Å². The van der Waals surface area contributed by atoms with Gasteiger partial charge in [-0.2, -0.15) is 0 Å². The Balaban J connectivity index is 1.47. The first-order chi connectivity index (χ1) is 13.7. The van der Waals surface area contributed by atoms with Crippen LogP contribution in [-0.4, -0.2) is 6.61 Å². The van der Waals surface area contributed by atoms with Crippen LogP contribution in [0, 0.1) is 0 Å². The lowest BCUT2D eigenvalue weighted by molar-refractivity contribution is 0.309. The molecule has 2 heterocycles. The molecule has 0 saturated carbocycles. The number of benzene rings is 2. The van der Waals surface area contributed by atoms with Crippen molar-refractivity contribution in [3.8, 4) is 37.1 Å². The van der Waals surface area contributed by atoms with Gasteiger partial charge in [0.1, 0.15) is 5.75 Å². The highest BCUT2D eigenvalue weighted by molar-refractivity contribution is 9.11. The Hall–Kier alpha value is -1.88. The summed E-state index contributed by atoms with van der Waals surface area (Å²) in [5.41, 5.74) is 3.70. The van der Waals surface area contributed by atoms with Gasteiger partial charge in [-0.05, 0) is 75.4 Å². The molecule has 2 aromatic heterocycles. The van der Waals surface area contributed by atoms with Crippen molar-refractivity contribution in [3.63, 3.8) is 0 Å². The molecule has 4 aromatic rings. The van der Waals surface area contributed by atoms with Gasteiger partial charge >= 0.3 is 0 Å². The van der Waals surface area contributed by atoms with E-state index in [1.54, 1.807) is 11.3 Å². The average Bonchev–Trinajstić information content (AvgIpc) is 3.38. The zero-order valence-electron chi connectivity index (χ0n) is 15.7. The fourth-order valence-electron chi connectivity index (χ4n) is 2.98. The number of rotatable bonds is 7. The zero-order valence-corrected chi connectivity index (χ0v) is 18.9. The Morgan fingerprint density at radius 2 is 1.25 bits per heavy atom. The molecule has 0 saturated heterocycles.